The van der Waals surface area contributed by atoms with Crippen molar-refractivity contribution in [3.8, 4) is 11.4 Å². The molecule has 0 radical (unpaired) electrons. The zero-order chi connectivity index (χ0) is 24.3. The molecule has 0 unspecified atom stereocenters. The molecule has 178 valence electrons. The molecule has 0 bridgehead atoms. The largest absolute Gasteiger partial charge is 0.348 e. The van der Waals surface area contributed by atoms with E-state index in [-0.39, 0.29) is 4.90 Å². The molecular weight excluding hydrogens is 456 g/mol. The van der Waals surface area contributed by atoms with Gasteiger partial charge in [-0.15, -0.1) is 0 Å². The Morgan fingerprint density at radius 3 is 2.55 bits per heavy atom. The fourth-order valence-electron chi connectivity index (χ4n) is 3.82. The lowest BCUT2D eigenvalue weighted by Crippen LogP contribution is -2.30. The van der Waals surface area contributed by atoms with Crippen molar-refractivity contribution in [2.45, 2.75) is 53.0 Å². The molecule has 0 saturated carbocycles. The Bertz CT molecular complexity index is 1310. The summed E-state index contributed by atoms with van der Waals surface area (Å²) >= 11 is 5.39. The maximum absolute atomic E-state index is 13.0. The molecule has 10 heteroatoms. The highest BCUT2D eigenvalue weighted by Gasteiger charge is 2.22. The van der Waals surface area contributed by atoms with Crippen LogP contribution >= 0.6 is 12.2 Å². The van der Waals surface area contributed by atoms with E-state index in [1.807, 2.05) is 13.8 Å². The monoisotopic (exact) mass is 488 g/mol. The van der Waals surface area contributed by atoms with Crippen molar-refractivity contribution in [2.24, 2.45) is 11.0 Å². The number of hydrogen-bond donors (Lipinski definition) is 1. The Morgan fingerprint density at radius 1 is 1.21 bits per heavy atom. The van der Waals surface area contributed by atoms with Crippen LogP contribution in [0.25, 0.3) is 11.4 Å². The first-order chi connectivity index (χ1) is 15.6. The number of nitrogens with zero attached hydrogens (tertiary/aromatic N) is 5. The van der Waals surface area contributed by atoms with Crippen molar-refractivity contribution in [3.05, 3.63) is 52.1 Å². The van der Waals surface area contributed by atoms with Crippen LogP contribution in [0.2, 0.25) is 0 Å². The molecule has 0 fully saturated rings. The van der Waals surface area contributed by atoms with E-state index in [1.165, 1.54) is 14.7 Å². The molecule has 2 aromatic heterocycles. The standard InChI is InChI=1S/C23H32N6O2S2/c1-7-27(8-2)33(30,31)21-11-9-10-19(13-21)22-25-26-23(32)29(22)24-14-20-12-17(5)28(18(20)6)15-16(3)4/h9-14,16H,7-8,15H2,1-6H3,(H,26,32). The lowest BCUT2D eigenvalue weighted by atomic mass is 10.2. The van der Waals surface area contributed by atoms with Crippen LogP contribution in [-0.2, 0) is 16.6 Å². The van der Waals surface area contributed by atoms with Gasteiger partial charge in [-0.2, -0.15) is 19.2 Å². The van der Waals surface area contributed by atoms with Crippen LogP contribution in [0.3, 0.4) is 0 Å². The Morgan fingerprint density at radius 2 is 1.91 bits per heavy atom. The highest BCUT2D eigenvalue weighted by Crippen LogP contribution is 2.24. The van der Waals surface area contributed by atoms with Crippen LogP contribution < -0.4 is 0 Å². The summed E-state index contributed by atoms with van der Waals surface area (Å²) in [4.78, 5) is 0.213. The number of nitrogens with one attached hydrogen (secondary N) is 1. The Labute approximate surface area is 201 Å². The predicted molar refractivity (Wildman–Crippen MR) is 135 cm³/mol. The third-order valence-electron chi connectivity index (χ3n) is 5.56. The smallest absolute Gasteiger partial charge is 0.243 e. The van der Waals surface area contributed by atoms with Gasteiger partial charge in [0.15, 0.2) is 5.82 Å². The van der Waals surface area contributed by atoms with Gasteiger partial charge in [-0.25, -0.2) is 13.5 Å². The molecule has 0 aliphatic carbocycles. The second kappa shape index (κ2) is 10.1. The Kier molecular flexibility index (Phi) is 7.71. The number of benzene rings is 1. The molecule has 0 atom stereocenters. The van der Waals surface area contributed by atoms with Crippen molar-refractivity contribution in [1.82, 2.24) is 23.7 Å². The minimum absolute atomic E-state index is 0.213. The minimum atomic E-state index is -3.59. The van der Waals surface area contributed by atoms with Gasteiger partial charge >= 0.3 is 0 Å². The number of H-pyrrole nitrogens is 1. The van der Waals surface area contributed by atoms with Gasteiger partial charge < -0.3 is 4.57 Å². The number of rotatable bonds is 9. The molecule has 3 rings (SSSR count). The summed E-state index contributed by atoms with van der Waals surface area (Å²) in [7, 11) is -3.59. The molecular formula is C23H32N6O2S2. The second-order valence-electron chi connectivity index (χ2n) is 8.36. The average molecular weight is 489 g/mol. The number of aryl methyl sites for hydroxylation is 1. The topological polar surface area (TPSA) is 88.3 Å². The van der Waals surface area contributed by atoms with Crippen molar-refractivity contribution in [1.29, 1.82) is 0 Å². The molecule has 1 N–H and O–H groups in total. The van der Waals surface area contributed by atoms with Crippen LogP contribution in [0.4, 0.5) is 0 Å². The molecule has 3 aromatic rings. The zero-order valence-corrected chi connectivity index (χ0v) is 21.7. The Hall–Kier alpha value is -2.56. The van der Waals surface area contributed by atoms with Gasteiger partial charge in [0.05, 0.1) is 11.1 Å². The van der Waals surface area contributed by atoms with Crippen molar-refractivity contribution >= 4 is 28.5 Å². The van der Waals surface area contributed by atoms with Gasteiger partial charge in [0, 0.05) is 42.1 Å². The summed E-state index contributed by atoms with van der Waals surface area (Å²) in [5.41, 5.74) is 3.92. The van der Waals surface area contributed by atoms with Gasteiger partial charge in [-0.1, -0.05) is 39.8 Å². The van der Waals surface area contributed by atoms with E-state index in [0.717, 1.165) is 17.8 Å². The van der Waals surface area contributed by atoms with Crippen molar-refractivity contribution in [3.63, 3.8) is 0 Å². The van der Waals surface area contributed by atoms with Gasteiger partial charge in [-0.3, -0.25) is 0 Å². The minimum Gasteiger partial charge on any atom is -0.348 e. The van der Waals surface area contributed by atoms with Gasteiger partial charge in [0.1, 0.15) is 0 Å². The van der Waals surface area contributed by atoms with E-state index in [0.29, 0.717) is 35.2 Å². The molecule has 0 spiro atoms. The number of hydrogen-bond acceptors (Lipinski definition) is 5. The fourth-order valence-corrected chi connectivity index (χ4v) is 5.50. The van der Waals surface area contributed by atoms with Crippen LogP contribution in [0.5, 0.6) is 0 Å². The predicted octanol–water partition coefficient (Wildman–Crippen LogP) is 4.59. The van der Waals surface area contributed by atoms with E-state index < -0.39 is 10.0 Å². The number of sulfonamides is 1. The van der Waals surface area contributed by atoms with E-state index in [4.69, 9.17) is 12.2 Å². The van der Waals surface area contributed by atoms with Crippen molar-refractivity contribution in [2.75, 3.05) is 13.1 Å². The number of aromatic nitrogens is 4. The maximum Gasteiger partial charge on any atom is 0.243 e. The first-order valence-corrected chi connectivity index (χ1v) is 12.9. The highest BCUT2D eigenvalue weighted by atomic mass is 32.2. The summed E-state index contributed by atoms with van der Waals surface area (Å²) in [5.74, 6) is 0.984. The number of aromatic amines is 1. The SMILES string of the molecule is CCN(CC)S(=O)(=O)c1cccc(-c2n[nH]c(=S)n2N=Cc2cc(C)n(CC(C)C)c2C)c1. The first-order valence-electron chi connectivity index (χ1n) is 11.1. The normalized spacial score (nSPS) is 12.5. The second-order valence-corrected chi connectivity index (χ2v) is 10.7. The molecule has 2 heterocycles. The summed E-state index contributed by atoms with van der Waals surface area (Å²) in [6.07, 6.45) is 1.77. The summed E-state index contributed by atoms with van der Waals surface area (Å²) in [6.45, 7) is 13.9. The zero-order valence-electron chi connectivity index (χ0n) is 20.0. The maximum atomic E-state index is 13.0. The van der Waals surface area contributed by atoms with Gasteiger partial charge in [0.25, 0.3) is 0 Å². The first kappa shape index (κ1) is 25.1. The molecule has 33 heavy (non-hydrogen) atoms. The van der Waals surface area contributed by atoms with Crippen LogP contribution in [0.1, 0.15) is 44.6 Å². The van der Waals surface area contributed by atoms with Crippen molar-refractivity contribution < 1.29 is 8.42 Å². The molecule has 1 aromatic carbocycles. The highest BCUT2D eigenvalue weighted by molar-refractivity contribution is 7.89. The molecule has 0 amide bonds. The molecule has 8 nitrogen and oxygen atoms in total. The van der Waals surface area contributed by atoms with E-state index in [9.17, 15) is 8.42 Å². The van der Waals surface area contributed by atoms with Crippen LogP contribution in [-0.4, -0.2) is 51.5 Å². The third-order valence-corrected chi connectivity index (χ3v) is 7.87. The Balaban J connectivity index is 2.01. The average Bonchev–Trinajstić information content (AvgIpc) is 3.26. The lowest BCUT2D eigenvalue weighted by Gasteiger charge is -2.18. The van der Waals surface area contributed by atoms with Crippen LogP contribution in [0.15, 0.2) is 40.3 Å². The third kappa shape index (κ3) is 5.18. The van der Waals surface area contributed by atoms with E-state index in [1.54, 1.807) is 30.5 Å². The van der Waals surface area contributed by atoms with E-state index >= 15 is 0 Å². The fraction of sp³-hybridized carbons (Fsp3) is 0.435. The molecule has 0 saturated heterocycles. The lowest BCUT2D eigenvalue weighted by molar-refractivity contribution is 0.445. The van der Waals surface area contributed by atoms with E-state index in [2.05, 4.69) is 53.6 Å². The summed E-state index contributed by atoms with van der Waals surface area (Å²) in [6, 6.07) is 8.81. The quantitative estimate of drug-likeness (QED) is 0.352. The summed E-state index contributed by atoms with van der Waals surface area (Å²) in [5, 5.41) is 11.7. The van der Waals surface area contributed by atoms with Crippen LogP contribution in [0, 0.1) is 24.5 Å². The molecule has 0 aliphatic rings. The van der Waals surface area contributed by atoms with Gasteiger partial charge in [0.2, 0.25) is 14.8 Å². The molecule has 0 aliphatic heterocycles. The van der Waals surface area contributed by atoms with Gasteiger partial charge in [-0.05, 0) is 50.2 Å². The summed E-state index contributed by atoms with van der Waals surface area (Å²) < 4.78 is 31.5.